The van der Waals surface area contributed by atoms with Crippen LogP contribution in [0.4, 0.5) is 0 Å². The largest absolute Gasteiger partial charge is 0.459 e. The third-order valence-corrected chi connectivity index (χ3v) is 4.88. The van der Waals surface area contributed by atoms with Crippen molar-refractivity contribution in [2.45, 2.75) is 37.6 Å². The fraction of sp³-hybridized carbons (Fsp3) is 0.250. The fourth-order valence-electron chi connectivity index (χ4n) is 3.36. The summed E-state index contributed by atoms with van der Waals surface area (Å²) in [5, 5.41) is 19.3. The maximum absolute atomic E-state index is 12.6. The summed E-state index contributed by atoms with van der Waals surface area (Å²) in [5.41, 5.74) is 2.47. The Balaban J connectivity index is 1.58. The Morgan fingerprint density at radius 3 is 2.14 bits per heavy atom. The van der Waals surface area contributed by atoms with Crippen LogP contribution in [0, 0.1) is 0 Å². The molecule has 0 saturated heterocycles. The van der Waals surface area contributed by atoms with Gasteiger partial charge in [-0.3, -0.25) is 4.79 Å². The number of rotatable bonds is 6. The number of carbonyl (C=O) groups excluding carboxylic acids is 2. The first-order valence-electron chi connectivity index (χ1n) is 9.56. The van der Waals surface area contributed by atoms with Crippen LogP contribution in [-0.2, 0) is 9.53 Å². The van der Waals surface area contributed by atoms with Crippen molar-refractivity contribution >= 4 is 23.4 Å². The zero-order valence-corrected chi connectivity index (χ0v) is 16.0. The SMILES string of the molecule is C=C(C(=O)c1ccc(/C=C/C(=O)OC2CC(O)CC(O)C2)cc1)c1ccccc1. The van der Waals surface area contributed by atoms with Crippen molar-refractivity contribution < 1.29 is 24.5 Å². The van der Waals surface area contributed by atoms with E-state index in [1.54, 1.807) is 30.3 Å². The van der Waals surface area contributed by atoms with Crippen molar-refractivity contribution in [3.8, 4) is 0 Å². The van der Waals surface area contributed by atoms with Gasteiger partial charge in [0, 0.05) is 30.1 Å². The monoisotopic (exact) mass is 392 g/mol. The summed E-state index contributed by atoms with van der Waals surface area (Å²) in [5.74, 6) is -0.686. The number of hydrogen-bond acceptors (Lipinski definition) is 5. The highest BCUT2D eigenvalue weighted by Crippen LogP contribution is 2.22. The molecule has 150 valence electrons. The van der Waals surface area contributed by atoms with Gasteiger partial charge in [0.2, 0.25) is 0 Å². The average molecular weight is 392 g/mol. The molecule has 2 atom stereocenters. The van der Waals surface area contributed by atoms with Gasteiger partial charge < -0.3 is 14.9 Å². The van der Waals surface area contributed by atoms with Crippen molar-refractivity contribution in [1.29, 1.82) is 0 Å². The Morgan fingerprint density at radius 2 is 1.52 bits per heavy atom. The van der Waals surface area contributed by atoms with Gasteiger partial charge in [0.15, 0.2) is 5.78 Å². The van der Waals surface area contributed by atoms with Crippen LogP contribution in [-0.4, -0.2) is 40.3 Å². The molecule has 2 N–H and O–H groups in total. The van der Waals surface area contributed by atoms with E-state index in [2.05, 4.69) is 6.58 Å². The molecule has 0 spiro atoms. The maximum atomic E-state index is 12.6. The third kappa shape index (κ3) is 5.73. The number of carbonyl (C=O) groups is 2. The fourth-order valence-corrected chi connectivity index (χ4v) is 3.36. The van der Waals surface area contributed by atoms with Gasteiger partial charge in [-0.05, 0) is 23.6 Å². The minimum absolute atomic E-state index is 0.152. The van der Waals surface area contributed by atoms with Crippen LogP contribution < -0.4 is 0 Å². The van der Waals surface area contributed by atoms with Gasteiger partial charge in [-0.25, -0.2) is 4.79 Å². The van der Waals surface area contributed by atoms with Crippen LogP contribution >= 0.6 is 0 Å². The van der Waals surface area contributed by atoms with E-state index < -0.39 is 24.3 Å². The lowest BCUT2D eigenvalue weighted by Gasteiger charge is -2.28. The Bertz CT molecular complexity index is 889. The highest BCUT2D eigenvalue weighted by Gasteiger charge is 2.28. The molecular weight excluding hydrogens is 368 g/mol. The van der Waals surface area contributed by atoms with Crippen LogP contribution in [0.3, 0.4) is 0 Å². The summed E-state index contributed by atoms with van der Waals surface area (Å²) < 4.78 is 5.28. The zero-order chi connectivity index (χ0) is 20.8. The molecule has 5 nitrogen and oxygen atoms in total. The first-order valence-corrected chi connectivity index (χ1v) is 9.56. The molecular formula is C24H24O5. The van der Waals surface area contributed by atoms with E-state index in [-0.39, 0.29) is 5.78 Å². The van der Waals surface area contributed by atoms with Crippen LogP contribution in [0.1, 0.15) is 40.7 Å². The predicted molar refractivity (Wildman–Crippen MR) is 111 cm³/mol. The second-order valence-corrected chi connectivity index (χ2v) is 7.20. The topological polar surface area (TPSA) is 83.8 Å². The van der Waals surface area contributed by atoms with E-state index in [4.69, 9.17) is 4.74 Å². The molecule has 0 heterocycles. The number of allylic oxidation sites excluding steroid dienone is 1. The van der Waals surface area contributed by atoms with Crippen molar-refractivity contribution in [2.24, 2.45) is 0 Å². The van der Waals surface area contributed by atoms with Crippen molar-refractivity contribution in [3.63, 3.8) is 0 Å². The number of benzene rings is 2. The molecule has 2 unspecified atom stereocenters. The van der Waals surface area contributed by atoms with Crippen molar-refractivity contribution in [3.05, 3.63) is 83.9 Å². The minimum Gasteiger partial charge on any atom is -0.459 e. The maximum Gasteiger partial charge on any atom is 0.331 e. The molecule has 5 heteroatoms. The first-order chi connectivity index (χ1) is 13.9. The quantitative estimate of drug-likeness (QED) is 0.447. The summed E-state index contributed by atoms with van der Waals surface area (Å²) in [6.07, 6.45) is 2.07. The van der Waals surface area contributed by atoms with Gasteiger partial charge in [-0.1, -0.05) is 61.2 Å². The smallest absolute Gasteiger partial charge is 0.331 e. The normalized spacial score (nSPS) is 21.7. The lowest BCUT2D eigenvalue weighted by atomic mass is 9.92. The van der Waals surface area contributed by atoms with Crippen molar-refractivity contribution in [1.82, 2.24) is 0 Å². The van der Waals surface area contributed by atoms with Gasteiger partial charge in [-0.2, -0.15) is 0 Å². The zero-order valence-electron chi connectivity index (χ0n) is 16.0. The first kappa shape index (κ1) is 20.7. The average Bonchev–Trinajstić information content (AvgIpc) is 2.71. The molecule has 0 radical (unpaired) electrons. The number of esters is 1. The highest BCUT2D eigenvalue weighted by molar-refractivity contribution is 6.28. The van der Waals surface area contributed by atoms with E-state index in [1.807, 2.05) is 30.3 Å². The molecule has 1 fully saturated rings. The molecule has 3 rings (SSSR count). The Morgan fingerprint density at radius 1 is 0.897 bits per heavy atom. The molecule has 0 bridgehead atoms. The Kier molecular flexibility index (Phi) is 6.75. The molecule has 0 aromatic heterocycles. The lowest BCUT2D eigenvalue weighted by molar-refractivity contribution is -0.148. The highest BCUT2D eigenvalue weighted by atomic mass is 16.5. The predicted octanol–water partition coefficient (Wildman–Crippen LogP) is 3.41. The molecule has 2 aromatic carbocycles. The van der Waals surface area contributed by atoms with E-state index in [0.29, 0.717) is 30.4 Å². The molecule has 2 aromatic rings. The molecule has 1 aliphatic rings. The van der Waals surface area contributed by atoms with Gasteiger partial charge in [0.1, 0.15) is 6.10 Å². The van der Waals surface area contributed by atoms with Crippen LogP contribution in [0.25, 0.3) is 11.6 Å². The molecule has 0 amide bonds. The number of Topliss-reactive ketones (excluding diaryl/α,β-unsaturated/α-hetero) is 1. The second kappa shape index (κ2) is 9.45. The summed E-state index contributed by atoms with van der Waals surface area (Å²) in [6.45, 7) is 3.89. The van der Waals surface area contributed by atoms with Gasteiger partial charge >= 0.3 is 5.97 Å². The summed E-state index contributed by atoms with van der Waals surface area (Å²) in [6, 6.07) is 16.1. The van der Waals surface area contributed by atoms with Gasteiger partial charge in [-0.15, -0.1) is 0 Å². The van der Waals surface area contributed by atoms with Gasteiger partial charge in [0.25, 0.3) is 0 Å². The number of ether oxygens (including phenoxy) is 1. The van der Waals surface area contributed by atoms with Crippen LogP contribution in [0.2, 0.25) is 0 Å². The Labute approximate surface area is 170 Å². The summed E-state index contributed by atoms with van der Waals surface area (Å²) >= 11 is 0. The lowest BCUT2D eigenvalue weighted by Crippen LogP contribution is -2.35. The second-order valence-electron chi connectivity index (χ2n) is 7.20. The molecule has 1 saturated carbocycles. The summed E-state index contributed by atoms with van der Waals surface area (Å²) in [7, 11) is 0. The standard InChI is InChI=1S/C24H24O5/c1-16(18-5-3-2-4-6-18)24(28)19-10-7-17(8-11-19)9-12-23(27)29-22-14-20(25)13-21(26)15-22/h2-12,20-22,25-26H,1,13-15H2/b12-9+. The third-order valence-electron chi connectivity index (χ3n) is 4.88. The molecule has 0 aliphatic heterocycles. The number of hydrogen-bond donors (Lipinski definition) is 2. The van der Waals surface area contributed by atoms with E-state index in [9.17, 15) is 19.8 Å². The molecule has 1 aliphatic carbocycles. The van der Waals surface area contributed by atoms with E-state index >= 15 is 0 Å². The summed E-state index contributed by atoms with van der Waals surface area (Å²) in [4.78, 5) is 24.5. The minimum atomic E-state index is -0.656. The molecule has 29 heavy (non-hydrogen) atoms. The van der Waals surface area contributed by atoms with Crippen LogP contribution in [0.5, 0.6) is 0 Å². The Hall–Kier alpha value is -3.02. The van der Waals surface area contributed by atoms with E-state index in [0.717, 1.165) is 11.1 Å². The number of aliphatic hydroxyl groups is 2. The number of aliphatic hydroxyl groups excluding tert-OH is 2. The van der Waals surface area contributed by atoms with Gasteiger partial charge in [0.05, 0.1) is 12.2 Å². The van der Waals surface area contributed by atoms with Crippen molar-refractivity contribution in [2.75, 3.05) is 0 Å². The van der Waals surface area contributed by atoms with Crippen LogP contribution in [0.15, 0.2) is 67.3 Å². The number of ketones is 1. The van der Waals surface area contributed by atoms with E-state index in [1.165, 1.54) is 6.08 Å².